The monoisotopic (exact) mass is 448 g/mol. The Morgan fingerprint density at radius 3 is 2.21 bits per heavy atom. The van der Waals surface area contributed by atoms with E-state index in [0.29, 0.717) is 5.56 Å². The predicted molar refractivity (Wildman–Crippen MR) is 139 cm³/mol. The van der Waals surface area contributed by atoms with Crippen LogP contribution in [0.1, 0.15) is 34.5 Å². The van der Waals surface area contributed by atoms with Gasteiger partial charge in [0.05, 0.1) is 11.9 Å². The molecule has 0 atom stereocenters. The molecule has 1 aliphatic heterocycles. The number of nitrogens with one attached hydrogen (secondary N) is 1. The summed E-state index contributed by atoms with van der Waals surface area (Å²) in [7, 11) is 0. The Kier molecular flexibility index (Phi) is 6.25. The van der Waals surface area contributed by atoms with Crippen LogP contribution in [0.15, 0.2) is 96.1 Å². The minimum absolute atomic E-state index is 0.232. The average Bonchev–Trinajstić information content (AvgIpc) is 3.55. The Balaban J connectivity index is 1.25. The van der Waals surface area contributed by atoms with Crippen LogP contribution in [0.3, 0.4) is 0 Å². The second-order valence-electron chi connectivity index (χ2n) is 8.59. The third kappa shape index (κ3) is 4.64. The lowest BCUT2D eigenvalue weighted by Crippen LogP contribution is -2.18. The van der Waals surface area contributed by atoms with Crippen LogP contribution < -0.4 is 10.3 Å². The van der Waals surface area contributed by atoms with Crippen LogP contribution in [0, 0.1) is 6.92 Å². The minimum Gasteiger partial charge on any atom is -0.372 e. The van der Waals surface area contributed by atoms with Crippen LogP contribution in [-0.2, 0) is 0 Å². The molecule has 1 aromatic heterocycles. The van der Waals surface area contributed by atoms with Gasteiger partial charge in [0.25, 0.3) is 5.91 Å². The molecule has 1 N–H and O–H groups in total. The Morgan fingerprint density at radius 1 is 0.824 bits per heavy atom. The topological polar surface area (TPSA) is 49.6 Å². The van der Waals surface area contributed by atoms with Crippen LogP contribution in [-0.4, -0.2) is 29.8 Å². The van der Waals surface area contributed by atoms with E-state index in [0.717, 1.165) is 41.3 Å². The molecule has 4 aromatic rings. The Labute approximate surface area is 200 Å². The third-order valence-electron chi connectivity index (χ3n) is 6.28. The van der Waals surface area contributed by atoms with Crippen molar-refractivity contribution < 1.29 is 4.79 Å². The fourth-order valence-corrected chi connectivity index (χ4v) is 4.45. The number of aryl methyl sites for hydroxylation is 1. The summed E-state index contributed by atoms with van der Waals surface area (Å²) in [5.74, 6) is -0.232. The molecule has 0 radical (unpaired) electrons. The van der Waals surface area contributed by atoms with Gasteiger partial charge in [0.15, 0.2) is 0 Å². The van der Waals surface area contributed by atoms with Crippen molar-refractivity contribution >= 4 is 17.8 Å². The Hall–Kier alpha value is -4.12. The van der Waals surface area contributed by atoms with Gasteiger partial charge in [-0.3, -0.25) is 4.79 Å². The number of aromatic nitrogens is 1. The van der Waals surface area contributed by atoms with E-state index in [-0.39, 0.29) is 5.91 Å². The van der Waals surface area contributed by atoms with E-state index in [1.807, 2.05) is 54.6 Å². The lowest BCUT2D eigenvalue weighted by Gasteiger charge is -2.17. The number of hydrazone groups is 1. The average molecular weight is 449 g/mol. The highest BCUT2D eigenvalue weighted by Gasteiger charge is 2.12. The Bertz CT molecular complexity index is 1280. The molecule has 1 amide bonds. The molecule has 1 fully saturated rings. The van der Waals surface area contributed by atoms with Crippen LogP contribution in [0.2, 0.25) is 0 Å². The summed E-state index contributed by atoms with van der Waals surface area (Å²) < 4.78 is 2.20. The van der Waals surface area contributed by atoms with Crippen LogP contribution in [0.5, 0.6) is 0 Å². The standard InChI is InChI=1S/C29H28N4O/c1-22-9-18-28(24-7-3-2-4-8-24)33(22)27-16-12-25(13-17-27)29(34)31-30-21-23-10-14-26(15-11-23)32-19-5-6-20-32/h2-4,7-18,21H,5-6,19-20H2,1H3,(H,31,34)/b30-21+. The zero-order valence-corrected chi connectivity index (χ0v) is 19.3. The summed E-state index contributed by atoms with van der Waals surface area (Å²) in [6.07, 6.45) is 4.19. The fourth-order valence-electron chi connectivity index (χ4n) is 4.45. The maximum absolute atomic E-state index is 12.6. The lowest BCUT2D eigenvalue weighted by atomic mass is 10.1. The molecule has 34 heavy (non-hydrogen) atoms. The second kappa shape index (κ2) is 9.79. The van der Waals surface area contributed by atoms with E-state index in [1.165, 1.54) is 18.5 Å². The van der Waals surface area contributed by atoms with Gasteiger partial charge in [-0.1, -0.05) is 42.5 Å². The smallest absolute Gasteiger partial charge is 0.271 e. The van der Waals surface area contributed by atoms with Gasteiger partial charge < -0.3 is 9.47 Å². The van der Waals surface area contributed by atoms with E-state index >= 15 is 0 Å². The van der Waals surface area contributed by atoms with Crippen molar-refractivity contribution in [3.8, 4) is 16.9 Å². The first kappa shape index (κ1) is 21.7. The van der Waals surface area contributed by atoms with Gasteiger partial charge in [-0.05, 0) is 79.4 Å². The number of carbonyl (C=O) groups excluding carboxylic acids is 1. The molecule has 1 saturated heterocycles. The number of carbonyl (C=O) groups is 1. The van der Waals surface area contributed by atoms with E-state index in [2.05, 4.69) is 63.3 Å². The predicted octanol–water partition coefficient (Wildman–Crippen LogP) is 5.82. The maximum Gasteiger partial charge on any atom is 0.271 e. The zero-order valence-electron chi connectivity index (χ0n) is 19.3. The molecule has 0 saturated carbocycles. The highest BCUT2D eigenvalue weighted by Crippen LogP contribution is 2.26. The number of hydrogen-bond donors (Lipinski definition) is 1. The Morgan fingerprint density at radius 2 is 1.50 bits per heavy atom. The molecule has 0 spiro atoms. The summed E-state index contributed by atoms with van der Waals surface area (Å²) in [5.41, 5.74) is 9.82. The second-order valence-corrected chi connectivity index (χ2v) is 8.59. The van der Waals surface area contributed by atoms with Crippen LogP contribution >= 0.6 is 0 Å². The third-order valence-corrected chi connectivity index (χ3v) is 6.28. The number of nitrogens with zero attached hydrogens (tertiary/aromatic N) is 3. The molecule has 5 nitrogen and oxygen atoms in total. The van der Waals surface area contributed by atoms with Gasteiger partial charge >= 0.3 is 0 Å². The molecule has 170 valence electrons. The van der Waals surface area contributed by atoms with Gasteiger partial charge in [0.1, 0.15) is 0 Å². The molecule has 1 aliphatic rings. The van der Waals surface area contributed by atoms with Gasteiger partial charge in [0, 0.05) is 35.7 Å². The number of hydrogen-bond acceptors (Lipinski definition) is 3. The zero-order chi connectivity index (χ0) is 23.3. The molecule has 0 bridgehead atoms. The summed E-state index contributed by atoms with van der Waals surface area (Å²) in [6.45, 7) is 4.33. The summed E-state index contributed by atoms with van der Waals surface area (Å²) >= 11 is 0. The number of amides is 1. The first-order valence-electron chi connectivity index (χ1n) is 11.7. The van der Waals surface area contributed by atoms with E-state index in [9.17, 15) is 4.79 Å². The fraction of sp³-hybridized carbons (Fsp3) is 0.172. The largest absolute Gasteiger partial charge is 0.372 e. The van der Waals surface area contributed by atoms with Gasteiger partial charge in [-0.15, -0.1) is 0 Å². The van der Waals surface area contributed by atoms with Gasteiger partial charge in [0.2, 0.25) is 0 Å². The van der Waals surface area contributed by atoms with E-state index < -0.39 is 0 Å². The molecule has 5 heteroatoms. The molecule has 0 unspecified atom stereocenters. The van der Waals surface area contributed by atoms with Crippen molar-refractivity contribution in [1.82, 2.24) is 9.99 Å². The molecule has 3 aromatic carbocycles. The van der Waals surface area contributed by atoms with Crippen molar-refractivity contribution in [1.29, 1.82) is 0 Å². The number of benzene rings is 3. The van der Waals surface area contributed by atoms with Crippen molar-refractivity contribution in [3.05, 3.63) is 108 Å². The van der Waals surface area contributed by atoms with Gasteiger partial charge in [-0.25, -0.2) is 5.43 Å². The quantitative estimate of drug-likeness (QED) is 0.299. The van der Waals surface area contributed by atoms with Crippen molar-refractivity contribution in [2.45, 2.75) is 19.8 Å². The number of rotatable bonds is 6. The minimum atomic E-state index is -0.232. The first-order chi connectivity index (χ1) is 16.7. The summed E-state index contributed by atoms with van der Waals surface area (Å²) in [5, 5.41) is 4.14. The van der Waals surface area contributed by atoms with Crippen LogP contribution in [0.25, 0.3) is 16.9 Å². The van der Waals surface area contributed by atoms with Gasteiger partial charge in [-0.2, -0.15) is 5.10 Å². The molecule has 5 rings (SSSR count). The van der Waals surface area contributed by atoms with Crippen molar-refractivity contribution in [2.24, 2.45) is 5.10 Å². The number of anilines is 1. The highest BCUT2D eigenvalue weighted by molar-refractivity contribution is 5.95. The first-order valence-corrected chi connectivity index (χ1v) is 11.7. The lowest BCUT2D eigenvalue weighted by molar-refractivity contribution is 0.0955. The van der Waals surface area contributed by atoms with Crippen molar-refractivity contribution in [2.75, 3.05) is 18.0 Å². The summed E-state index contributed by atoms with van der Waals surface area (Å²) in [6, 6.07) is 30.4. The maximum atomic E-state index is 12.6. The molecule has 0 aliphatic carbocycles. The molecule has 2 heterocycles. The van der Waals surface area contributed by atoms with Crippen molar-refractivity contribution in [3.63, 3.8) is 0 Å². The van der Waals surface area contributed by atoms with E-state index in [4.69, 9.17) is 0 Å². The molecular formula is C29H28N4O. The molecular weight excluding hydrogens is 420 g/mol. The SMILES string of the molecule is Cc1ccc(-c2ccccc2)n1-c1ccc(C(=O)N/N=C/c2ccc(N3CCCC3)cc2)cc1. The van der Waals surface area contributed by atoms with Crippen LogP contribution in [0.4, 0.5) is 5.69 Å². The van der Waals surface area contributed by atoms with E-state index in [1.54, 1.807) is 6.21 Å². The highest BCUT2D eigenvalue weighted by atomic mass is 16.2. The summed E-state index contributed by atoms with van der Waals surface area (Å²) in [4.78, 5) is 15.0. The normalized spacial score (nSPS) is 13.5.